The van der Waals surface area contributed by atoms with Crippen LogP contribution in [0, 0.1) is 12.8 Å². The molecular formula is C32H46N2O4. The molecule has 2 aromatic rings. The largest absolute Gasteiger partial charge is 0.457 e. The number of hydrogen-bond acceptors (Lipinski definition) is 5. The first-order chi connectivity index (χ1) is 18.6. The first-order valence-electron chi connectivity index (χ1n) is 14.5. The quantitative estimate of drug-likeness (QED) is 0.358. The summed E-state index contributed by atoms with van der Waals surface area (Å²) in [6.45, 7) is 3.89. The maximum absolute atomic E-state index is 13.6. The van der Waals surface area contributed by atoms with Gasteiger partial charge in [0.15, 0.2) is 0 Å². The van der Waals surface area contributed by atoms with E-state index < -0.39 is 5.60 Å². The van der Waals surface area contributed by atoms with Gasteiger partial charge in [-0.05, 0) is 89.5 Å². The normalized spacial score (nSPS) is 24.4. The Labute approximate surface area is 229 Å². The molecule has 6 heteroatoms. The molecule has 2 aliphatic rings. The van der Waals surface area contributed by atoms with Gasteiger partial charge in [-0.1, -0.05) is 42.8 Å². The van der Waals surface area contributed by atoms with Crippen LogP contribution in [0.1, 0.15) is 75.3 Å². The number of para-hydroxylation sites is 2. The van der Waals surface area contributed by atoms with Gasteiger partial charge in [-0.3, -0.25) is 4.79 Å². The van der Waals surface area contributed by atoms with Crippen LogP contribution in [0.2, 0.25) is 0 Å². The van der Waals surface area contributed by atoms with Gasteiger partial charge in [0.25, 0.3) is 0 Å². The van der Waals surface area contributed by atoms with Crippen molar-refractivity contribution in [2.45, 2.75) is 82.8 Å². The minimum Gasteiger partial charge on any atom is -0.457 e. The molecule has 0 spiro atoms. The molecule has 208 valence electrons. The fourth-order valence-corrected chi connectivity index (χ4v) is 6.08. The summed E-state index contributed by atoms with van der Waals surface area (Å²) in [4.78, 5) is 15.6. The zero-order valence-corrected chi connectivity index (χ0v) is 23.5. The Kier molecular flexibility index (Phi) is 10.6. The van der Waals surface area contributed by atoms with Crippen LogP contribution in [0.4, 0.5) is 0 Å². The smallest absolute Gasteiger partial charge is 0.227 e. The fourth-order valence-electron chi connectivity index (χ4n) is 6.08. The number of rotatable bonds is 10. The highest BCUT2D eigenvalue weighted by Crippen LogP contribution is 2.44. The first kappa shape index (κ1) is 28.6. The highest BCUT2D eigenvalue weighted by Gasteiger charge is 2.38. The van der Waals surface area contributed by atoms with E-state index >= 15 is 0 Å². The number of nitrogens with zero attached hydrogens (tertiary/aromatic N) is 1. The summed E-state index contributed by atoms with van der Waals surface area (Å²) in [5, 5.41) is 3.39. The van der Waals surface area contributed by atoms with Crippen LogP contribution in [0.15, 0.2) is 48.5 Å². The molecule has 0 unspecified atom stereocenters. The summed E-state index contributed by atoms with van der Waals surface area (Å²) in [6.07, 6.45) is 9.84. The van der Waals surface area contributed by atoms with Crippen molar-refractivity contribution in [3.8, 4) is 11.5 Å². The predicted molar refractivity (Wildman–Crippen MR) is 151 cm³/mol. The Morgan fingerprint density at radius 1 is 1.05 bits per heavy atom. The van der Waals surface area contributed by atoms with Crippen LogP contribution in [0.3, 0.4) is 0 Å². The molecule has 1 aliphatic heterocycles. The van der Waals surface area contributed by atoms with Crippen molar-refractivity contribution in [1.82, 2.24) is 10.2 Å². The third kappa shape index (κ3) is 7.16. The number of hydrogen-bond donors (Lipinski definition) is 1. The van der Waals surface area contributed by atoms with E-state index in [1.165, 1.54) is 0 Å². The molecule has 1 saturated carbocycles. The molecule has 6 nitrogen and oxygen atoms in total. The Bertz CT molecular complexity index is 1030. The molecular weight excluding hydrogens is 476 g/mol. The Hall–Kier alpha value is -2.41. The molecule has 38 heavy (non-hydrogen) atoms. The van der Waals surface area contributed by atoms with Crippen molar-refractivity contribution in [3.05, 3.63) is 59.7 Å². The van der Waals surface area contributed by atoms with Crippen LogP contribution in [0.5, 0.6) is 11.5 Å². The lowest BCUT2D eigenvalue weighted by Crippen LogP contribution is -2.46. The zero-order valence-electron chi connectivity index (χ0n) is 23.5. The van der Waals surface area contributed by atoms with E-state index in [2.05, 4.69) is 30.4 Å². The highest BCUT2D eigenvalue weighted by molar-refractivity contribution is 5.79. The maximum atomic E-state index is 13.6. The van der Waals surface area contributed by atoms with Gasteiger partial charge >= 0.3 is 0 Å². The second kappa shape index (κ2) is 14.1. The summed E-state index contributed by atoms with van der Waals surface area (Å²) >= 11 is 0. The molecule has 1 amide bonds. The predicted octanol–water partition coefficient (Wildman–Crippen LogP) is 6.56. The van der Waals surface area contributed by atoms with E-state index in [1.807, 2.05) is 42.3 Å². The zero-order chi connectivity index (χ0) is 26.8. The average Bonchev–Trinajstić information content (AvgIpc) is 2.94. The first-order valence-corrected chi connectivity index (χ1v) is 14.5. The fraction of sp³-hybridized carbons (Fsp3) is 0.594. The molecule has 2 aromatic carbocycles. The van der Waals surface area contributed by atoms with Crippen molar-refractivity contribution < 1.29 is 19.0 Å². The van der Waals surface area contributed by atoms with E-state index in [1.54, 1.807) is 7.11 Å². The van der Waals surface area contributed by atoms with E-state index in [9.17, 15) is 4.79 Å². The van der Waals surface area contributed by atoms with Crippen molar-refractivity contribution in [3.63, 3.8) is 0 Å². The van der Waals surface area contributed by atoms with E-state index in [4.69, 9.17) is 14.2 Å². The van der Waals surface area contributed by atoms with Crippen LogP contribution in [-0.2, 0) is 19.9 Å². The lowest BCUT2D eigenvalue weighted by molar-refractivity contribution is -0.158. The molecule has 1 saturated heterocycles. The van der Waals surface area contributed by atoms with Crippen LogP contribution < -0.4 is 10.1 Å². The summed E-state index contributed by atoms with van der Waals surface area (Å²) in [5.41, 5.74) is 1.65. The average molecular weight is 523 g/mol. The summed E-state index contributed by atoms with van der Waals surface area (Å²) in [5.74, 6) is 2.02. The molecule has 1 heterocycles. The molecule has 3 atom stereocenters. The van der Waals surface area contributed by atoms with Crippen molar-refractivity contribution in [2.24, 2.45) is 5.92 Å². The number of ether oxygens (including phenoxy) is 3. The molecule has 0 bridgehead atoms. The minimum absolute atomic E-state index is 0.0806. The van der Waals surface area contributed by atoms with Crippen molar-refractivity contribution in [1.29, 1.82) is 0 Å². The highest BCUT2D eigenvalue weighted by atomic mass is 16.5. The number of benzene rings is 2. The summed E-state index contributed by atoms with van der Waals surface area (Å²) in [6, 6.07) is 16.8. The minimum atomic E-state index is -0.522. The number of nitrogens with one attached hydrogen (secondary N) is 1. The van der Waals surface area contributed by atoms with Gasteiger partial charge < -0.3 is 24.4 Å². The number of unbranched alkanes of at least 4 members (excludes halogenated alkanes) is 1. The standard InChI is InChI=1S/C32H46N2O4/c1-25-13-4-6-17-29(25)38-30-18-7-5-16-28(30)32(20-9-11-22-36-3)19-8-10-21-34(24-37-32)31(35)26-14-12-15-27(23-26)33-2/h4-7,13,16-18,26-27,33H,8-12,14-15,19-24H2,1-3H3/t26-,27+,32-/m1/s1. The Morgan fingerprint density at radius 2 is 1.84 bits per heavy atom. The number of carbonyl (C=O) groups excluding carboxylic acids is 1. The van der Waals surface area contributed by atoms with Gasteiger partial charge in [0.05, 0.1) is 5.60 Å². The van der Waals surface area contributed by atoms with Crippen LogP contribution in [-0.4, -0.2) is 50.9 Å². The molecule has 4 rings (SSSR count). The van der Waals surface area contributed by atoms with Gasteiger partial charge in [-0.15, -0.1) is 0 Å². The van der Waals surface area contributed by atoms with Gasteiger partial charge in [0.1, 0.15) is 18.2 Å². The Morgan fingerprint density at radius 3 is 2.63 bits per heavy atom. The summed E-state index contributed by atoms with van der Waals surface area (Å²) < 4.78 is 18.8. The lowest BCUT2D eigenvalue weighted by atomic mass is 9.82. The Balaban J connectivity index is 1.59. The lowest BCUT2D eigenvalue weighted by Gasteiger charge is -2.41. The second-order valence-electron chi connectivity index (χ2n) is 11.0. The monoisotopic (exact) mass is 522 g/mol. The van der Waals surface area contributed by atoms with Gasteiger partial charge in [0.2, 0.25) is 5.91 Å². The molecule has 2 fully saturated rings. The molecule has 0 aromatic heterocycles. The number of aryl methyl sites for hydroxylation is 1. The molecule has 1 aliphatic carbocycles. The van der Waals surface area contributed by atoms with E-state index in [-0.39, 0.29) is 11.8 Å². The molecule has 0 radical (unpaired) electrons. The van der Waals surface area contributed by atoms with Gasteiger partial charge in [0, 0.05) is 37.8 Å². The van der Waals surface area contributed by atoms with Crippen LogP contribution >= 0.6 is 0 Å². The third-order valence-corrected chi connectivity index (χ3v) is 8.37. The number of carbonyl (C=O) groups is 1. The van der Waals surface area contributed by atoms with Crippen molar-refractivity contribution >= 4 is 5.91 Å². The SMILES string of the molecule is CN[C@H]1CCC[C@@H](C(=O)N2CCCC[C@@](CCCCOC)(c3ccccc3Oc3ccccc3C)OC2)C1. The number of amides is 1. The maximum Gasteiger partial charge on any atom is 0.227 e. The van der Waals surface area contributed by atoms with E-state index in [0.717, 1.165) is 100.0 Å². The van der Waals surface area contributed by atoms with Gasteiger partial charge in [-0.25, -0.2) is 0 Å². The van der Waals surface area contributed by atoms with Gasteiger partial charge in [-0.2, -0.15) is 0 Å². The molecule has 1 N–H and O–H groups in total. The van der Waals surface area contributed by atoms with Crippen LogP contribution in [0.25, 0.3) is 0 Å². The third-order valence-electron chi connectivity index (χ3n) is 8.37. The number of methoxy groups -OCH3 is 1. The van der Waals surface area contributed by atoms with Crippen molar-refractivity contribution in [2.75, 3.05) is 34.0 Å². The summed E-state index contributed by atoms with van der Waals surface area (Å²) in [7, 11) is 3.76. The second-order valence-corrected chi connectivity index (χ2v) is 11.0. The topological polar surface area (TPSA) is 60.0 Å². The van der Waals surface area contributed by atoms with E-state index in [0.29, 0.717) is 12.8 Å².